The zero-order valence-corrected chi connectivity index (χ0v) is 25.5. The maximum absolute atomic E-state index is 14.4. The van der Waals surface area contributed by atoms with Crippen LogP contribution in [0.25, 0.3) is 11.6 Å². The highest BCUT2D eigenvalue weighted by Gasteiger charge is 2.37. The van der Waals surface area contributed by atoms with E-state index >= 15 is 0 Å². The van der Waals surface area contributed by atoms with Gasteiger partial charge in [0.1, 0.15) is 5.82 Å². The molecule has 0 radical (unpaired) electrons. The number of halogens is 2. The van der Waals surface area contributed by atoms with Gasteiger partial charge in [0, 0.05) is 29.5 Å². The van der Waals surface area contributed by atoms with Gasteiger partial charge in [0.2, 0.25) is 0 Å². The molecule has 0 fully saturated rings. The Balaban J connectivity index is 0.000000337. The molecule has 0 heterocycles. The molecular weight excluding hydrogens is 521 g/mol. The second-order valence-corrected chi connectivity index (χ2v) is 11.0. The van der Waals surface area contributed by atoms with Gasteiger partial charge >= 0.3 is 0 Å². The lowest BCUT2D eigenvalue weighted by Gasteiger charge is -2.37. The zero-order valence-electron chi connectivity index (χ0n) is 24.7. The molecule has 5 heteroatoms. The Kier molecular flexibility index (Phi) is 13.8. The van der Waals surface area contributed by atoms with E-state index in [-0.39, 0.29) is 24.3 Å². The number of rotatable bonds is 11. The molecule has 0 saturated carbocycles. The van der Waals surface area contributed by atoms with Crippen LogP contribution < -0.4 is 0 Å². The van der Waals surface area contributed by atoms with E-state index in [1.54, 1.807) is 12.1 Å². The number of hydrogen-bond acceptors (Lipinski definition) is 3. The highest BCUT2D eigenvalue weighted by molar-refractivity contribution is 6.31. The molecule has 3 atom stereocenters. The second kappa shape index (κ2) is 16.5. The van der Waals surface area contributed by atoms with Crippen molar-refractivity contribution in [2.24, 2.45) is 5.92 Å². The molecule has 3 rings (SSSR count). The van der Waals surface area contributed by atoms with Crippen LogP contribution in [-0.4, -0.2) is 47.5 Å². The van der Waals surface area contributed by atoms with E-state index in [2.05, 4.69) is 19.1 Å². The largest absolute Gasteiger partial charge is 0.389 e. The average Bonchev–Trinajstić information content (AvgIpc) is 2.94. The summed E-state index contributed by atoms with van der Waals surface area (Å²) in [6, 6.07) is 24.7. The summed E-state index contributed by atoms with van der Waals surface area (Å²) in [5.74, 6) is -0.506. The van der Waals surface area contributed by atoms with Crippen molar-refractivity contribution in [1.29, 1.82) is 0 Å². The number of aliphatic hydroxyl groups excluding tert-OH is 1. The van der Waals surface area contributed by atoms with Crippen LogP contribution in [0, 0.1) is 11.7 Å². The first-order valence-corrected chi connectivity index (χ1v) is 14.4. The van der Waals surface area contributed by atoms with Crippen molar-refractivity contribution in [2.75, 3.05) is 20.6 Å². The minimum atomic E-state index is -1.22. The fraction of sp³-hybridized carbons (Fsp3) is 0.371. The first kappa shape index (κ1) is 33.4. The predicted octanol–water partition coefficient (Wildman–Crippen LogP) is 8.30. The van der Waals surface area contributed by atoms with Crippen molar-refractivity contribution in [1.82, 2.24) is 4.90 Å². The lowest BCUT2D eigenvalue weighted by molar-refractivity contribution is 0.0143. The van der Waals surface area contributed by atoms with Gasteiger partial charge in [-0.1, -0.05) is 111 Å². The number of nitrogens with zero attached hydrogens (tertiary/aromatic N) is 1. The molecule has 3 unspecified atom stereocenters. The third-order valence-corrected chi connectivity index (χ3v) is 7.52. The molecule has 0 aliphatic rings. The van der Waals surface area contributed by atoms with Crippen LogP contribution in [0.3, 0.4) is 0 Å². The fourth-order valence-electron chi connectivity index (χ4n) is 4.72. The number of allylic oxidation sites excluding steroid dienone is 1. The molecule has 3 aromatic rings. The molecule has 216 valence electrons. The third-order valence-electron chi connectivity index (χ3n) is 7.17. The monoisotopic (exact) mass is 565 g/mol. The Morgan fingerprint density at radius 2 is 1.57 bits per heavy atom. The minimum absolute atomic E-state index is 0.117. The highest BCUT2D eigenvalue weighted by Crippen LogP contribution is 2.35. The SMILES string of the molecule is CC(=Cc1ccccc1)C(O)(Cc1c(F)cccc1Cl)C(C)CN(C)C.CCC(=CC(O)CC)c1ccccc1. The summed E-state index contributed by atoms with van der Waals surface area (Å²) in [4.78, 5) is 2.02. The lowest BCUT2D eigenvalue weighted by Crippen LogP contribution is -2.44. The Bertz CT molecular complexity index is 1210. The van der Waals surface area contributed by atoms with Crippen LogP contribution >= 0.6 is 11.6 Å². The summed E-state index contributed by atoms with van der Waals surface area (Å²) in [5.41, 5.74) is 3.36. The van der Waals surface area contributed by atoms with E-state index in [9.17, 15) is 14.6 Å². The fourth-order valence-corrected chi connectivity index (χ4v) is 4.95. The molecule has 0 aliphatic heterocycles. The molecule has 0 spiro atoms. The topological polar surface area (TPSA) is 43.7 Å². The van der Waals surface area contributed by atoms with Crippen molar-refractivity contribution >= 4 is 23.3 Å². The number of benzene rings is 3. The molecule has 40 heavy (non-hydrogen) atoms. The maximum Gasteiger partial charge on any atom is 0.128 e. The molecule has 0 aliphatic carbocycles. The third kappa shape index (κ3) is 10.0. The van der Waals surface area contributed by atoms with E-state index in [0.717, 1.165) is 24.0 Å². The van der Waals surface area contributed by atoms with Crippen LogP contribution in [0.15, 0.2) is 90.5 Å². The molecule has 0 saturated heterocycles. The van der Waals surface area contributed by atoms with Crippen LogP contribution in [0.4, 0.5) is 4.39 Å². The Hall–Kier alpha value is -2.76. The van der Waals surface area contributed by atoms with E-state index in [1.807, 2.05) is 100 Å². The highest BCUT2D eigenvalue weighted by atomic mass is 35.5. The van der Waals surface area contributed by atoms with Gasteiger partial charge < -0.3 is 15.1 Å². The van der Waals surface area contributed by atoms with Gasteiger partial charge in [-0.05, 0) is 68.3 Å². The van der Waals surface area contributed by atoms with Gasteiger partial charge in [0.05, 0.1) is 11.7 Å². The van der Waals surface area contributed by atoms with Gasteiger partial charge in [0.25, 0.3) is 0 Å². The zero-order chi connectivity index (χ0) is 29.7. The van der Waals surface area contributed by atoms with Crippen molar-refractivity contribution in [3.8, 4) is 0 Å². The normalized spacial score (nSPS) is 15.2. The number of aliphatic hydroxyl groups is 2. The van der Waals surface area contributed by atoms with Crippen molar-refractivity contribution < 1.29 is 14.6 Å². The summed E-state index contributed by atoms with van der Waals surface area (Å²) in [6.07, 6.45) is 5.46. The molecule has 3 nitrogen and oxygen atoms in total. The Morgan fingerprint density at radius 1 is 0.975 bits per heavy atom. The van der Waals surface area contributed by atoms with Crippen molar-refractivity contribution in [3.05, 3.63) is 118 Å². The summed E-state index contributed by atoms with van der Waals surface area (Å²) in [7, 11) is 3.92. The van der Waals surface area contributed by atoms with Gasteiger partial charge in [-0.2, -0.15) is 0 Å². The van der Waals surface area contributed by atoms with Crippen LogP contribution in [-0.2, 0) is 6.42 Å². The first-order valence-electron chi connectivity index (χ1n) is 14.0. The second-order valence-electron chi connectivity index (χ2n) is 10.6. The molecule has 3 aromatic carbocycles. The summed E-state index contributed by atoms with van der Waals surface area (Å²) in [5, 5.41) is 21.5. The molecule has 0 amide bonds. The van der Waals surface area contributed by atoms with Crippen LogP contribution in [0.5, 0.6) is 0 Å². The molecule has 2 N–H and O–H groups in total. The summed E-state index contributed by atoms with van der Waals surface area (Å²) >= 11 is 6.23. The van der Waals surface area contributed by atoms with Gasteiger partial charge in [-0.25, -0.2) is 4.39 Å². The van der Waals surface area contributed by atoms with Crippen molar-refractivity contribution in [3.63, 3.8) is 0 Å². The van der Waals surface area contributed by atoms with E-state index < -0.39 is 5.60 Å². The summed E-state index contributed by atoms with van der Waals surface area (Å²) in [6.45, 7) is 8.65. The standard InChI is InChI=1S/C22H27ClFNO.C13H18O/c1-16(13-18-9-6-5-7-10-18)22(26,17(2)15-25(3)4)14-19-20(23)11-8-12-21(19)24;1-3-11(10-13(14)4-2)12-8-6-5-7-9-12/h5-13,17,26H,14-15H2,1-4H3;5-10,13-14H,3-4H2,1-2H3. The van der Waals surface area contributed by atoms with Gasteiger partial charge in [-0.15, -0.1) is 0 Å². The molecular formula is C35H45ClFNO2. The maximum atomic E-state index is 14.4. The Morgan fingerprint density at radius 3 is 2.10 bits per heavy atom. The van der Waals surface area contributed by atoms with E-state index in [1.165, 1.54) is 17.2 Å². The first-order chi connectivity index (χ1) is 19.0. The van der Waals surface area contributed by atoms with Gasteiger partial charge in [0.15, 0.2) is 0 Å². The summed E-state index contributed by atoms with van der Waals surface area (Å²) < 4.78 is 14.4. The molecule has 0 aromatic heterocycles. The van der Waals surface area contributed by atoms with E-state index in [0.29, 0.717) is 17.1 Å². The number of hydrogen-bond donors (Lipinski definition) is 2. The van der Waals surface area contributed by atoms with Gasteiger partial charge in [-0.3, -0.25) is 0 Å². The van der Waals surface area contributed by atoms with Crippen LogP contribution in [0.2, 0.25) is 5.02 Å². The van der Waals surface area contributed by atoms with E-state index in [4.69, 9.17) is 11.6 Å². The smallest absolute Gasteiger partial charge is 0.128 e. The quantitative estimate of drug-likeness (QED) is 0.246. The van der Waals surface area contributed by atoms with Crippen molar-refractivity contribution in [2.45, 2.75) is 58.7 Å². The van der Waals surface area contributed by atoms with Crippen LogP contribution in [0.1, 0.15) is 57.2 Å². The minimum Gasteiger partial charge on any atom is -0.389 e. The lowest BCUT2D eigenvalue weighted by atomic mass is 9.77. The molecule has 0 bridgehead atoms. The predicted molar refractivity (Wildman–Crippen MR) is 169 cm³/mol. The average molecular weight is 566 g/mol. The Labute approximate surface area is 245 Å².